The average Bonchev–Trinajstić information content (AvgIpc) is 3.19. The molecule has 4 rings (SSSR count). The largest absolute Gasteiger partial charge is 0.416 e. The van der Waals surface area contributed by atoms with Gasteiger partial charge in [0.25, 0.3) is 5.91 Å². The van der Waals surface area contributed by atoms with Gasteiger partial charge in [0.1, 0.15) is 5.82 Å². The van der Waals surface area contributed by atoms with E-state index in [1.807, 2.05) is 0 Å². The van der Waals surface area contributed by atoms with Crippen LogP contribution in [0.4, 0.5) is 10.1 Å². The van der Waals surface area contributed by atoms with Crippen molar-refractivity contribution >= 4 is 23.2 Å². The van der Waals surface area contributed by atoms with Gasteiger partial charge in [-0.05, 0) is 60.7 Å². The van der Waals surface area contributed by atoms with Crippen LogP contribution in [0, 0.1) is 5.82 Å². The Morgan fingerprint density at radius 1 is 0.893 bits per heavy atom. The van der Waals surface area contributed by atoms with Crippen molar-refractivity contribution in [1.29, 1.82) is 0 Å². The van der Waals surface area contributed by atoms with E-state index in [4.69, 9.17) is 16.0 Å². The van der Waals surface area contributed by atoms with Crippen LogP contribution in [0.2, 0.25) is 5.02 Å². The highest BCUT2D eigenvalue weighted by Crippen LogP contribution is 2.30. The van der Waals surface area contributed by atoms with Crippen molar-refractivity contribution in [3.05, 3.63) is 89.2 Å². The topological polar surface area (TPSA) is 68.0 Å². The first-order chi connectivity index (χ1) is 13.6. The molecule has 28 heavy (non-hydrogen) atoms. The molecule has 1 aromatic heterocycles. The zero-order chi connectivity index (χ0) is 19.5. The van der Waals surface area contributed by atoms with Crippen LogP contribution >= 0.6 is 11.6 Å². The van der Waals surface area contributed by atoms with E-state index in [1.165, 1.54) is 24.3 Å². The highest BCUT2D eigenvalue weighted by atomic mass is 35.5. The zero-order valence-corrected chi connectivity index (χ0v) is 15.2. The number of nitrogens with one attached hydrogen (secondary N) is 1. The molecule has 0 saturated heterocycles. The Labute approximate surface area is 164 Å². The van der Waals surface area contributed by atoms with Crippen LogP contribution in [0.25, 0.3) is 22.9 Å². The van der Waals surface area contributed by atoms with Gasteiger partial charge in [-0.2, -0.15) is 0 Å². The summed E-state index contributed by atoms with van der Waals surface area (Å²) in [7, 11) is 0. The van der Waals surface area contributed by atoms with E-state index in [0.717, 1.165) is 5.56 Å². The molecule has 0 aliphatic heterocycles. The molecule has 1 amide bonds. The van der Waals surface area contributed by atoms with Gasteiger partial charge < -0.3 is 9.73 Å². The van der Waals surface area contributed by atoms with Gasteiger partial charge in [0.05, 0.1) is 11.3 Å². The molecule has 138 valence electrons. The van der Waals surface area contributed by atoms with Crippen molar-refractivity contribution in [2.24, 2.45) is 0 Å². The minimum absolute atomic E-state index is 0.264. The minimum atomic E-state index is -0.405. The quantitative estimate of drug-likeness (QED) is 0.500. The number of nitrogens with zero attached hydrogens (tertiary/aromatic N) is 2. The summed E-state index contributed by atoms with van der Waals surface area (Å²) in [4.78, 5) is 12.5. The standard InChI is InChI=1S/C21H13ClFN3O2/c22-15-9-5-14(6-10-15)20-25-26-21(28-20)17-3-1-2-4-18(17)24-19(27)13-7-11-16(23)12-8-13/h1-12H,(H,24,27). The van der Waals surface area contributed by atoms with Gasteiger partial charge in [0, 0.05) is 16.1 Å². The lowest BCUT2D eigenvalue weighted by Crippen LogP contribution is -2.12. The predicted octanol–water partition coefficient (Wildman–Crippen LogP) is 5.45. The van der Waals surface area contributed by atoms with Gasteiger partial charge in [0.15, 0.2) is 0 Å². The fourth-order valence-corrected chi connectivity index (χ4v) is 2.74. The van der Waals surface area contributed by atoms with Crippen LogP contribution in [0.15, 0.2) is 77.2 Å². The molecule has 0 bridgehead atoms. The van der Waals surface area contributed by atoms with E-state index in [1.54, 1.807) is 48.5 Å². The number of amides is 1. The predicted molar refractivity (Wildman–Crippen MR) is 105 cm³/mol. The first kappa shape index (κ1) is 17.9. The summed E-state index contributed by atoms with van der Waals surface area (Å²) in [5.41, 5.74) is 2.15. The third-order valence-electron chi connectivity index (χ3n) is 4.03. The Bertz CT molecular complexity index is 1130. The zero-order valence-electron chi connectivity index (χ0n) is 14.4. The highest BCUT2D eigenvalue weighted by Gasteiger charge is 2.16. The third-order valence-corrected chi connectivity index (χ3v) is 4.28. The van der Waals surface area contributed by atoms with Crippen LogP contribution < -0.4 is 5.32 Å². The second-order valence-electron chi connectivity index (χ2n) is 5.93. The molecule has 3 aromatic carbocycles. The van der Waals surface area contributed by atoms with Crippen molar-refractivity contribution in [2.45, 2.75) is 0 Å². The molecular weight excluding hydrogens is 381 g/mol. The molecule has 0 unspecified atom stereocenters. The molecule has 0 fully saturated rings. The number of anilines is 1. The third kappa shape index (κ3) is 3.77. The molecule has 0 aliphatic carbocycles. The van der Waals surface area contributed by atoms with E-state index in [0.29, 0.717) is 27.7 Å². The summed E-state index contributed by atoms with van der Waals surface area (Å²) in [6.45, 7) is 0. The molecule has 0 aliphatic rings. The maximum atomic E-state index is 13.1. The normalized spacial score (nSPS) is 10.6. The summed E-state index contributed by atoms with van der Waals surface area (Å²) >= 11 is 5.90. The second kappa shape index (κ2) is 7.62. The number of carbonyl (C=O) groups excluding carboxylic acids is 1. The second-order valence-corrected chi connectivity index (χ2v) is 6.36. The molecule has 0 radical (unpaired) electrons. The molecule has 1 heterocycles. The lowest BCUT2D eigenvalue weighted by atomic mass is 10.1. The number of hydrogen-bond acceptors (Lipinski definition) is 4. The summed E-state index contributed by atoms with van der Waals surface area (Å²) in [5, 5.41) is 11.6. The molecular formula is C21H13ClFN3O2. The van der Waals surface area contributed by atoms with Crippen molar-refractivity contribution in [1.82, 2.24) is 10.2 Å². The smallest absolute Gasteiger partial charge is 0.255 e. The molecule has 0 spiro atoms. The van der Waals surface area contributed by atoms with Crippen LogP contribution in [0.3, 0.4) is 0 Å². The summed E-state index contributed by atoms with van der Waals surface area (Å²) < 4.78 is 18.8. The van der Waals surface area contributed by atoms with Gasteiger partial charge in [-0.25, -0.2) is 4.39 Å². The number of carbonyl (C=O) groups is 1. The van der Waals surface area contributed by atoms with E-state index >= 15 is 0 Å². The Kier molecular flexibility index (Phi) is 4.87. The van der Waals surface area contributed by atoms with E-state index in [-0.39, 0.29) is 11.8 Å². The monoisotopic (exact) mass is 393 g/mol. The van der Waals surface area contributed by atoms with Crippen molar-refractivity contribution < 1.29 is 13.6 Å². The molecule has 4 aromatic rings. The molecule has 0 saturated carbocycles. The first-order valence-electron chi connectivity index (χ1n) is 8.36. The Morgan fingerprint density at radius 2 is 1.57 bits per heavy atom. The molecule has 7 heteroatoms. The summed E-state index contributed by atoms with van der Waals surface area (Å²) in [6.07, 6.45) is 0. The van der Waals surface area contributed by atoms with Gasteiger partial charge in [-0.15, -0.1) is 10.2 Å². The number of benzene rings is 3. The number of aromatic nitrogens is 2. The number of para-hydroxylation sites is 1. The fourth-order valence-electron chi connectivity index (χ4n) is 2.62. The van der Waals surface area contributed by atoms with E-state index < -0.39 is 5.82 Å². The van der Waals surface area contributed by atoms with Gasteiger partial charge in [-0.1, -0.05) is 23.7 Å². The Hall–Kier alpha value is -3.51. The first-order valence-corrected chi connectivity index (χ1v) is 8.74. The lowest BCUT2D eigenvalue weighted by Gasteiger charge is -2.08. The Balaban J connectivity index is 1.62. The maximum Gasteiger partial charge on any atom is 0.255 e. The van der Waals surface area contributed by atoms with Crippen LogP contribution in [0.5, 0.6) is 0 Å². The van der Waals surface area contributed by atoms with Gasteiger partial charge in [0.2, 0.25) is 11.8 Å². The number of rotatable bonds is 4. The number of hydrogen-bond donors (Lipinski definition) is 1. The van der Waals surface area contributed by atoms with Crippen molar-refractivity contribution in [2.75, 3.05) is 5.32 Å². The van der Waals surface area contributed by atoms with Crippen LogP contribution in [-0.2, 0) is 0 Å². The minimum Gasteiger partial charge on any atom is -0.416 e. The molecule has 0 atom stereocenters. The van der Waals surface area contributed by atoms with Crippen LogP contribution in [-0.4, -0.2) is 16.1 Å². The van der Waals surface area contributed by atoms with E-state index in [9.17, 15) is 9.18 Å². The highest BCUT2D eigenvalue weighted by molar-refractivity contribution is 6.30. The fraction of sp³-hybridized carbons (Fsp3) is 0. The SMILES string of the molecule is O=C(Nc1ccccc1-c1nnc(-c2ccc(Cl)cc2)o1)c1ccc(F)cc1. The van der Waals surface area contributed by atoms with Crippen molar-refractivity contribution in [3.8, 4) is 22.9 Å². The molecule has 1 N–H and O–H groups in total. The Morgan fingerprint density at radius 3 is 2.32 bits per heavy atom. The lowest BCUT2D eigenvalue weighted by molar-refractivity contribution is 0.102. The van der Waals surface area contributed by atoms with Crippen molar-refractivity contribution in [3.63, 3.8) is 0 Å². The van der Waals surface area contributed by atoms with Gasteiger partial charge in [-0.3, -0.25) is 4.79 Å². The summed E-state index contributed by atoms with van der Waals surface area (Å²) in [5.74, 6) is -0.172. The molecule has 5 nitrogen and oxygen atoms in total. The maximum absolute atomic E-state index is 13.1. The average molecular weight is 394 g/mol. The van der Waals surface area contributed by atoms with E-state index in [2.05, 4.69) is 15.5 Å². The van der Waals surface area contributed by atoms with Crippen LogP contribution in [0.1, 0.15) is 10.4 Å². The number of halogens is 2. The van der Waals surface area contributed by atoms with Gasteiger partial charge >= 0.3 is 0 Å². The summed E-state index contributed by atoms with van der Waals surface area (Å²) in [6, 6.07) is 19.4.